The van der Waals surface area contributed by atoms with E-state index in [0.717, 1.165) is 17.6 Å². The van der Waals surface area contributed by atoms with E-state index in [1.54, 1.807) is 31.2 Å². The smallest absolute Gasteiger partial charge is 0.420 e. The van der Waals surface area contributed by atoms with Crippen molar-refractivity contribution in [1.29, 1.82) is 0 Å². The van der Waals surface area contributed by atoms with Crippen LogP contribution in [0.3, 0.4) is 0 Å². The van der Waals surface area contributed by atoms with Gasteiger partial charge in [-0.25, -0.2) is 14.5 Å². The van der Waals surface area contributed by atoms with E-state index in [-0.39, 0.29) is 11.4 Å². The molecule has 0 unspecified atom stereocenters. The minimum Gasteiger partial charge on any atom is -0.465 e. The summed E-state index contributed by atoms with van der Waals surface area (Å²) in [6.07, 6.45) is -5.03. The first-order chi connectivity index (χ1) is 14.1. The second-order valence-electron chi connectivity index (χ2n) is 7.12. The number of nitrogens with zero attached hydrogens (tertiary/aromatic N) is 2. The molecule has 0 spiro atoms. The molecule has 1 N–H and O–H groups in total. The first-order valence-electron chi connectivity index (χ1n) is 9.05. The molecule has 9 heteroatoms. The van der Waals surface area contributed by atoms with Crippen molar-refractivity contribution in [3.8, 4) is 0 Å². The molecule has 0 bridgehead atoms. The molecule has 6 nitrogen and oxygen atoms in total. The summed E-state index contributed by atoms with van der Waals surface area (Å²) in [6.45, 7) is 1.73. The number of carbonyl (C=O) groups excluding carboxylic acids is 2. The van der Waals surface area contributed by atoms with Crippen molar-refractivity contribution in [3.05, 3.63) is 71.1 Å². The number of nitrogens with one attached hydrogen (secondary N) is 1. The molecule has 0 fully saturated rings. The Morgan fingerprint density at radius 3 is 2.23 bits per heavy atom. The Labute approximate surface area is 170 Å². The van der Waals surface area contributed by atoms with Crippen molar-refractivity contribution in [2.24, 2.45) is 0 Å². The summed E-state index contributed by atoms with van der Waals surface area (Å²) in [5.74, 6) is -1.38. The number of ether oxygens (including phenoxy) is 1. The molecule has 4 rings (SSSR count). The number of methoxy groups -OCH3 is 1. The van der Waals surface area contributed by atoms with Crippen molar-refractivity contribution in [2.45, 2.75) is 18.6 Å². The number of halogens is 3. The van der Waals surface area contributed by atoms with Gasteiger partial charge >= 0.3 is 18.2 Å². The summed E-state index contributed by atoms with van der Waals surface area (Å²) in [4.78, 5) is 28.3. The van der Waals surface area contributed by atoms with Gasteiger partial charge in [0.2, 0.25) is 0 Å². The zero-order chi connectivity index (χ0) is 21.8. The minimum atomic E-state index is -5.03. The van der Waals surface area contributed by atoms with Gasteiger partial charge in [-0.2, -0.15) is 13.2 Å². The lowest BCUT2D eigenvalue weighted by Crippen LogP contribution is -2.65. The van der Waals surface area contributed by atoms with Crippen LogP contribution < -0.4 is 15.1 Å². The third-order valence-electron chi connectivity index (χ3n) is 5.41. The summed E-state index contributed by atoms with van der Waals surface area (Å²) in [6, 6.07) is 11.1. The molecule has 0 saturated heterocycles. The standard InChI is InChI=1S/C21H18F3N3O3/c1-12-8-10-13(11-9-12)20(21(22,23)24)16(18(28)30-3)17-26(2)14-6-4-5-7-15(14)27(17)19(29)25-20/h4-11H,1-3H3,(H,25,29)/t20-/m0/s1. The third-order valence-corrected chi connectivity index (χ3v) is 5.41. The van der Waals surface area contributed by atoms with E-state index in [4.69, 9.17) is 4.74 Å². The monoisotopic (exact) mass is 417 g/mol. The minimum absolute atomic E-state index is 0.190. The maximum absolute atomic E-state index is 14.7. The number of hydrogen-bond acceptors (Lipinski definition) is 4. The Morgan fingerprint density at radius 2 is 1.67 bits per heavy atom. The summed E-state index contributed by atoms with van der Waals surface area (Å²) < 4.78 is 48.9. The van der Waals surface area contributed by atoms with Gasteiger partial charge in [0.05, 0.1) is 18.5 Å². The normalized spacial score (nSPS) is 20.7. The predicted octanol–water partition coefficient (Wildman–Crippen LogP) is 3.82. The number of carbonyl (C=O) groups is 2. The molecule has 2 heterocycles. The number of esters is 1. The highest BCUT2D eigenvalue weighted by Gasteiger charge is 2.66. The van der Waals surface area contributed by atoms with Crippen LogP contribution in [-0.4, -0.2) is 32.3 Å². The Morgan fingerprint density at radius 1 is 1.07 bits per heavy atom. The number of anilines is 2. The highest BCUT2D eigenvalue weighted by atomic mass is 19.4. The van der Waals surface area contributed by atoms with Gasteiger partial charge in [0, 0.05) is 7.05 Å². The number of benzene rings is 2. The molecule has 0 radical (unpaired) electrons. The van der Waals surface area contributed by atoms with Gasteiger partial charge in [0.1, 0.15) is 11.4 Å². The summed E-state index contributed by atoms with van der Waals surface area (Å²) in [7, 11) is 2.51. The molecule has 0 saturated carbocycles. The number of para-hydroxylation sites is 2. The topological polar surface area (TPSA) is 61.9 Å². The van der Waals surface area contributed by atoms with Gasteiger partial charge in [-0.05, 0) is 24.6 Å². The molecule has 1 atom stereocenters. The number of fused-ring (bicyclic) bond motifs is 3. The van der Waals surface area contributed by atoms with Crippen LogP contribution in [0.1, 0.15) is 11.1 Å². The van der Waals surface area contributed by atoms with Crippen molar-refractivity contribution < 1.29 is 27.5 Å². The number of amides is 2. The third kappa shape index (κ3) is 2.51. The van der Waals surface area contributed by atoms with E-state index in [2.05, 4.69) is 5.32 Å². The zero-order valence-corrected chi connectivity index (χ0v) is 16.4. The molecule has 2 aromatic carbocycles. The Bertz CT molecular complexity index is 1080. The summed E-state index contributed by atoms with van der Waals surface area (Å²) >= 11 is 0. The molecule has 0 aromatic heterocycles. The van der Waals surface area contributed by atoms with Crippen molar-refractivity contribution >= 4 is 23.4 Å². The molecule has 2 aliphatic heterocycles. The largest absolute Gasteiger partial charge is 0.465 e. The average Bonchev–Trinajstić information content (AvgIpc) is 3.00. The summed E-state index contributed by atoms with van der Waals surface area (Å²) in [5.41, 5.74) is -2.48. The molecule has 2 aromatic rings. The second-order valence-corrected chi connectivity index (χ2v) is 7.12. The number of aryl methyl sites for hydroxylation is 1. The van der Waals surface area contributed by atoms with E-state index in [1.807, 2.05) is 0 Å². The molecule has 156 valence electrons. The second kappa shape index (κ2) is 6.51. The fourth-order valence-electron chi connectivity index (χ4n) is 3.99. The average molecular weight is 417 g/mol. The Balaban J connectivity index is 2.11. The van der Waals surface area contributed by atoms with Crippen LogP contribution in [0.2, 0.25) is 0 Å². The van der Waals surface area contributed by atoms with Gasteiger partial charge < -0.3 is 15.0 Å². The predicted molar refractivity (Wildman–Crippen MR) is 104 cm³/mol. The van der Waals surface area contributed by atoms with Crippen molar-refractivity contribution in [3.63, 3.8) is 0 Å². The first kappa shape index (κ1) is 19.8. The number of rotatable bonds is 2. The van der Waals surface area contributed by atoms with Crippen LogP contribution in [0.25, 0.3) is 0 Å². The lowest BCUT2D eigenvalue weighted by molar-refractivity contribution is -0.190. The molecule has 30 heavy (non-hydrogen) atoms. The SMILES string of the molecule is COC(=O)C1=C2N(C)c3ccccc3N2C(=O)N[C@]1(c1ccc(C)cc1)C(F)(F)F. The summed E-state index contributed by atoms with van der Waals surface area (Å²) in [5, 5.41) is 2.08. The van der Waals surface area contributed by atoms with Crippen LogP contribution in [0.15, 0.2) is 59.9 Å². The van der Waals surface area contributed by atoms with Gasteiger partial charge in [-0.3, -0.25) is 0 Å². The zero-order valence-electron chi connectivity index (χ0n) is 16.4. The van der Waals surface area contributed by atoms with Crippen molar-refractivity contribution in [2.75, 3.05) is 24.0 Å². The lowest BCUT2D eigenvalue weighted by atomic mass is 9.79. The maximum atomic E-state index is 14.7. The van der Waals surface area contributed by atoms with E-state index < -0.39 is 29.3 Å². The number of alkyl halides is 3. The Kier molecular flexibility index (Phi) is 4.30. The molecule has 2 amide bonds. The van der Waals surface area contributed by atoms with Gasteiger partial charge in [-0.1, -0.05) is 42.0 Å². The number of urea groups is 1. The first-order valence-corrected chi connectivity index (χ1v) is 9.05. The van der Waals surface area contributed by atoms with E-state index in [1.165, 1.54) is 36.2 Å². The van der Waals surface area contributed by atoms with Gasteiger partial charge in [0.15, 0.2) is 5.54 Å². The number of hydrogen-bond donors (Lipinski definition) is 1. The fraction of sp³-hybridized carbons (Fsp3) is 0.238. The maximum Gasteiger partial charge on any atom is 0.420 e. The van der Waals surface area contributed by atoms with E-state index in [9.17, 15) is 22.8 Å². The Hall–Kier alpha value is -3.49. The van der Waals surface area contributed by atoms with E-state index >= 15 is 0 Å². The molecule has 0 aliphatic carbocycles. The highest BCUT2D eigenvalue weighted by molar-refractivity contribution is 6.10. The van der Waals surface area contributed by atoms with Crippen LogP contribution in [-0.2, 0) is 15.1 Å². The van der Waals surface area contributed by atoms with Gasteiger partial charge in [0.25, 0.3) is 0 Å². The van der Waals surface area contributed by atoms with Gasteiger partial charge in [-0.15, -0.1) is 0 Å². The van der Waals surface area contributed by atoms with Crippen LogP contribution in [0.5, 0.6) is 0 Å². The lowest BCUT2D eigenvalue weighted by Gasteiger charge is -2.44. The van der Waals surface area contributed by atoms with E-state index in [0.29, 0.717) is 11.4 Å². The quantitative estimate of drug-likeness (QED) is 0.755. The van der Waals surface area contributed by atoms with Crippen LogP contribution in [0, 0.1) is 6.92 Å². The molecule has 2 aliphatic rings. The van der Waals surface area contributed by atoms with Crippen molar-refractivity contribution in [1.82, 2.24) is 5.32 Å². The molecular formula is C21H18F3N3O3. The molecular weight excluding hydrogens is 399 g/mol. The fourth-order valence-corrected chi connectivity index (χ4v) is 3.99. The van der Waals surface area contributed by atoms with Crippen LogP contribution in [0.4, 0.5) is 29.3 Å². The highest BCUT2D eigenvalue weighted by Crippen LogP contribution is 2.53. The van der Waals surface area contributed by atoms with Crippen LogP contribution >= 0.6 is 0 Å².